The van der Waals surface area contributed by atoms with Crippen molar-refractivity contribution in [1.82, 2.24) is 9.78 Å². The molecular weight excluding hydrogens is 248 g/mol. The third kappa shape index (κ3) is 2.26. The third-order valence-corrected chi connectivity index (χ3v) is 3.71. The van der Waals surface area contributed by atoms with Gasteiger partial charge in [0.15, 0.2) is 0 Å². The van der Waals surface area contributed by atoms with E-state index in [2.05, 4.69) is 5.10 Å². The van der Waals surface area contributed by atoms with E-state index in [0.29, 0.717) is 29.6 Å². The number of rotatable bonds is 3. The van der Waals surface area contributed by atoms with E-state index in [1.54, 1.807) is 16.4 Å². The third-order valence-electron chi connectivity index (χ3n) is 2.44. The first-order valence-electron chi connectivity index (χ1n) is 5.19. The van der Waals surface area contributed by atoms with Crippen molar-refractivity contribution in [3.05, 3.63) is 16.9 Å². The SMILES string of the molecule is CCn1ncc(Cl)c1C(=O)C1CSCCO1. The number of Topliss-reactive ketones (excluding diaryl/α,β-unsaturated/α-hetero) is 1. The molecule has 88 valence electrons. The van der Waals surface area contributed by atoms with E-state index >= 15 is 0 Å². The summed E-state index contributed by atoms with van der Waals surface area (Å²) in [5.74, 6) is 1.59. The molecule has 0 aliphatic carbocycles. The minimum absolute atomic E-state index is 0.0587. The fourth-order valence-corrected chi connectivity index (χ4v) is 2.72. The highest BCUT2D eigenvalue weighted by molar-refractivity contribution is 7.99. The second kappa shape index (κ2) is 5.21. The smallest absolute Gasteiger partial charge is 0.211 e. The highest BCUT2D eigenvalue weighted by Gasteiger charge is 2.28. The van der Waals surface area contributed by atoms with Gasteiger partial charge >= 0.3 is 0 Å². The summed E-state index contributed by atoms with van der Waals surface area (Å²) >= 11 is 7.70. The fraction of sp³-hybridized carbons (Fsp3) is 0.600. The maximum atomic E-state index is 12.2. The van der Waals surface area contributed by atoms with Crippen LogP contribution in [0.3, 0.4) is 0 Å². The molecule has 0 amide bonds. The van der Waals surface area contributed by atoms with Gasteiger partial charge in [0.1, 0.15) is 11.8 Å². The fourth-order valence-electron chi connectivity index (χ4n) is 1.64. The predicted molar refractivity (Wildman–Crippen MR) is 64.3 cm³/mol. The molecule has 1 aliphatic rings. The van der Waals surface area contributed by atoms with Crippen LogP contribution in [0.1, 0.15) is 17.4 Å². The van der Waals surface area contributed by atoms with Gasteiger partial charge in [-0.1, -0.05) is 11.6 Å². The van der Waals surface area contributed by atoms with E-state index in [0.717, 1.165) is 5.75 Å². The number of nitrogens with zero attached hydrogens (tertiary/aromatic N) is 2. The first kappa shape index (κ1) is 12.0. The van der Waals surface area contributed by atoms with E-state index in [-0.39, 0.29) is 11.9 Å². The van der Waals surface area contributed by atoms with Crippen LogP contribution in [-0.4, -0.2) is 39.8 Å². The average Bonchev–Trinajstić information content (AvgIpc) is 2.70. The Morgan fingerprint density at radius 3 is 3.25 bits per heavy atom. The van der Waals surface area contributed by atoms with Gasteiger partial charge in [-0.25, -0.2) is 0 Å². The minimum atomic E-state index is -0.377. The number of ketones is 1. The lowest BCUT2D eigenvalue weighted by molar-refractivity contribution is 0.0509. The summed E-state index contributed by atoms with van der Waals surface area (Å²) in [6, 6.07) is 0. The van der Waals surface area contributed by atoms with Crippen LogP contribution < -0.4 is 0 Å². The van der Waals surface area contributed by atoms with Gasteiger partial charge in [-0.05, 0) is 6.92 Å². The first-order valence-corrected chi connectivity index (χ1v) is 6.72. The molecule has 1 saturated heterocycles. The van der Waals surface area contributed by atoms with Gasteiger partial charge in [0.05, 0.1) is 17.8 Å². The van der Waals surface area contributed by atoms with Crippen molar-refractivity contribution < 1.29 is 9.53 Å². The molecule has 1 fully saturated rings. The van der Waals surface area contributed by atoms with Crippen molar-refractivity contribution in [2.75, 3.05) is 18.1 Å². The Bertz CT molecular complexity index is 388. The second-order valence-electron chi connectivity index (χ2n) is 3.46. The van der Waals surface area contributed by atoms with Crippen molar-refractivity contribution in [3.8, 4) is 0 Å². The zero-order valence-corrected chi connectivity index (χ0v) is 10.6. The molecule has 0 aromatic carbocycles. The maximum absolute atomic E-state index is 12.2. The van der Waals surface area contributed by atoms with Crippen LogP contribution in [-0.2, 0) is 11.3 Å². The molecule has 2 rings (SSSR count). The number of carbonyl (C=O) groups is 1. The monoisotopic (exact) mass is 260 g/mol. The summed E-state index contributed by atoms with van der Waals surface area (Å²) in [7, 11) is 0. The zero-order chi connectivity index (χ0) is 11.5. The van der Waals surface area contributed by atoms with Crippen LogP contribution in [0.4, 0.5) is 0 Å². The molecule has 1 aliphatic heterocycles. The average molecular weight is 261 g/mol. The van der Waals surface area contributed by atoms with Crippen molar-refractivity contribution in [1.29, 1.82) is 0 Å². The zero-order valence-electron chi connectivity index (χ0n) is 8.98. The van der Waals surface area contributed by atoms with Gasteiger partial charge in [-0.15, -0.1) is 0 Å². The number of hydrogen-bond donors (Lipinski definition) is 0. The summed E-state index contributed by atoms with van der Waals surface area (Å²) in [6.45, 7) is 3.18. The molecule has 1 atom stereocenters. The minimum Gasteiger partial charge on any atom is -0.368 e. The Balaban J connectivity index is 2.21. The number of ether oxygens (including phenoxy) is 1. The van der Waals surface area contributed by atoms with Gasteiger partial charge < -0.3 is 4.74 Å². The molecule has 1 aromatic rings. The Kier molecular flexibility index (Phi) is 3.89. The molecule has 16 heavy (non-hydrogen) atoms. The molecule has 6 heteroatoms. The normalized spacial score (nSPS) is 21.0. The van der Waals surface area contributed by atoms with E-state index < -0.39 is 0 Å². The Morgan fingerprint density at radius 1 is 1.81 bits per heavy atom. The van der Waals surface area contributed by atoms with E-state index in [9.17, 15) is 4.79 Å². The number of thioether (sulfide) groups is 1. The number of aryl methyl sites for hydroxylation is 1. The number of hydrogen-bond acceptors (Lipinski definition) is 4. The van der Waals surface area contributed by atoms with E-state index in [1.165, 1.54) is 6.20 Å². The molecule has 1 unspecified atom stereocenters. The van der Waals surface area contributed by atoms with Gasteiger partial charge in [-0.2, -0.15) is 16.9 Å². The molecule has 0 radical (unpaired) electrons. The molecule has 0 bridgehead atoms. The summed E-state index contributed by atoms with van der Waals surface area (Å²) in [5.41, 5.74) is 0.469. The molecule has 1 aromatic heterocycles. The van der Waals surface area contributed by atoms with Crippen molar-refractivity contribution in [2.45, 2.75) is 19.6 Å². The van der Waals surface area contributed by atoms with E-state index in [1.807, 2.05) is 6.92 Å². The van der Waals surface area contributed by atoms with Crippen LogP contribution in [0, 0.1) is 0 Å². The van der Waals surface area contributed by atoms with Crippen molar-refractivity contribution in [2.24, 2.45) is 0 Å². The van der Waals surface area contributed by atoms with Gasteiger partial charge in [-0.3, -0.25) is 9.48 Å². The predicted octanol–water partition coefficient (Wildman–Crippen LogP) is 1.87. The largest absolute Gasteiger partial charge is 0.368 e. The van der Waals surface area contributed by atoms with Gasteiger partial charge in [0.25, 0.3) is 0 Å². The molecule has 0 spiro atoms. The van der Waals surface area contributed by atoms with Crippen molar-refractivity contribution >= 4 is 29.1 Å². The quantitative estimate of drug-likeness (QED) is 0.779. The second-order valence-corrected chi connectivity index (χ2v) is 5.01. The van der Waals surface area contributed by atoms with Gasteiger partial charge in [0.2, 0.25) is 5.78 Å². The van der Waals surface area contributed by atoms with Crippen LogP contribution in [0.15, 0.2) is 6.20 Å². The summed E-state index contributed by atoms with van der Waals surface area (Å²) in [5, 5.41) is 4.46. The lowest BCUT2D eigenvalue weighted by Gasteiger charge is -2.21. The number of aromatic nitrogens is 2. The Hall–Kier alpha value is -0.520. The maximum Gasteiger partial charge on any atom is 0.211 e. The highest BCUT2D eigenvalue weighted by Crippen LogP contribution is 2.21. The van der Waals surface area contributed by atoms with Crippen LogP contribution >= 0.6 is 23.4 Å². The topological polar surface area (TPSA) is 44.1 Å². The molecule has 4 nitrogen and oxygen atoms in total. The standard InChI is InChI=1S/C10H13ClN2O2S/c1-2-13-9(7(11)5-12-13)10(14)8-6-16-4-3-15-8/h5,8H,2-4,6H2,1H3. The van der Waals surface area contributed by atoms with Crippen LogP contribution in [0.25, 0.3) is 0 Å². The van der Waals surface area contributed by atoms with Crippen LogP contribution in [0.2, 0.25) is 5.02 Å². The Morgan fingerprint density at radius 2 is 2.62 bits per heavy atom. The van der Waals surface area contributed by atoms with Gasteiger partial charge in [0, 0.05) is 18.1 Å². The first-order chi connectivity index (χ1) is 7.74. The lowest BCUT2D eigenvalue weighted by Crippen LogP contribution is -2.33. The summed E-state index contributed by atoms with van der Waals surface area (Å²) in [6.07, 6.45) is 1.13. The number of carbonyl (C=O) groups excluding carboxylic acids is 1. The number of halogens is 1. The van der Waals surface area contributed by atoms with Crippen LogP contribution in [0.5, 0.6) is 0 Å². The lowest BCUT2D eigenvalue weighted by atomic mass is 10.2. The molecule has 2 heterocycles. The van der Waals surface area contributed by atoms with Crippen molar-refractivity contribution in [3.63, 3.8) is 0 Å². The highest BCUT2D eigenvalue weighted by atomic mass is 35.5. The van der Waals surface area contributed by atoms with E-state index in [4.69, 9.17) is 16.3 Å². The molecule has 0 saturated carbocycles. The summed E-state index contributed by atoms with van der Waals surface area (Å²) in [4.78, 5) is 12.2. The Labute approximate surface area is 103 Å². The summed E-state index contributed by atoms with van der Waals surface area (Å²) < 4.78 is 7.07. The molecular formula is C10H13ClN2O2S. The molecule has 0 N–H and O–H groups in total.